The first-order valence-electron chi connectivity index (χ1n) is 11.0. The maximum atomic E-state index is 15.0. The molecule has 3 saturated carbocycles. The lowest BCUT2D eigenvalue weighted by molar-refractivity contribution is -0.239. The number of nitrogens with zero attached hydrogens (tertiary/aromatic N) is 2. The minimum atomic E-state index is -1.24. The van der Waals surface area contributed by atoms with Crippen LogP contribution in [0.1, 0.15) is 51.9 Å². The number of ether oxygens (including phenoxy) is 2. The van der Waals surface area contributed by atoms with Crippen LogP contribution < -0.4 is 0 Å². The highest BCUT2D eigenvalue weighted by Crippen LogP contribution is 2.50. The Hall–Kier alpha value is -1.45. The Morgan fingerprint density at radius 1 is 1.29 bits per heavy atom. The van der Waals surface area contributed by atoms with E-state index >= 15 is 4.39 Å². The quantitative estimate of drug-likeness (QED) is 0.727. The Morgan fingerprint density at radius 2 is 2.04 bits per heavy atom. The van der Waals surface area contributed by atoms with Crippen molar-refractivity contribution >= 4 is 5.78 Å². The molecular weight excluding hydrogens is 359 g/mol. The van der Waals surface area contributed by atoms with E-state index in [2.05, 4.69) is 11.0 Å². The van der Waals surface area contributed by atoms with Gasteiger partial charge in [-0.05, 0) is 38.0 Å². The number of hydrogen-bond donors (Lipinski definition) is 0. The highest BCUT2D eigenvalue weighted by Gasteiger charge is 2.59. The number of halogens is 1. The van der Waals surface area contributed by atoms with Gasteiger partial charge in [0, 0.05) is 18.7 Å². The molecule has 152 valence electrons. The number of morpholine rings is 1. The molecule has 9 atom stereocenters. The second-order valence-electron chi connectivity index (χ2n) is 9.22. The number of nitriles is 1. The molecule has 0 aromatic carbocycles. The third kappa shape index (κ3) is 2.74. The van der Waals surface area contributed by atoms with Crippen molar-refractivity contribution in [1.29, 1.82) is 5.26 Å². The van der Waals surface area contributed by atoms with Gasteiger partial charge in [0.1, 0.15) is 30.0 Å². The van der Waals surface area contributed by atoms with Gasteiger partial charge in [-0.25, -0.2) is 4.39 Å². The Bertz CT molecular complexity index is 719. The van der Waals surface area contributed by atoms with E-state index in [1.54, 1.807) is 6.20 Å². The molecule has 9 unspecified atom stereocenters. The largest absolute Gasteiger partial charge is 0.373 e. The van der Waals surface area contributed by atoms with Crippen molar-refractivity contribution in [2.24, 2.45) is 17.8 Å². The van der Waals surface area contributed by atoms with E-state index < -0.39 is 24.3 Å². The molecule has 2 heterocycles. The maximum Gasteiger partial charge on any atom is 0.180 e. The molecule has 0 radical (unpaired) electrons. The molecule has 0 N–H and O–H groups in total. The normalized spacial score (nSPS) is 47.3. The second-order valence-corrected chi connectivity index (χ2v) is 9.22. The lowest BCUT2D eigenvalue weighted by Gasteiger charge is -2.60. The molecular formula is C22H29FN2O3. The minimum absolute atomic E-state index is 0.0268. The van der Waals surface area contributed by atoms with Crippen molar-refractivity contribution in [3.63, 3.8) is 0 Å². The molecule has 5 aliphatic rings. The maximum absolute atomic E-state index is 15.0. The van der Waals surface area contributed by atoms with E-state index in [1.165, 1.54) is 25.7 Å². The van der Waals surface area contributed by atoms with Crippen LogP contribution in [0.15, 0.2) is 11.8 Å². The van der Waals surface area contributed by atoms with Crippen molar-refractivity contribution in [1.82, 2.24) is 4.90 Å². The number of Topliss-reactive ketones (excluding diaryl/α,β-unsaturated/α-hetero) is 1. The zero-order chi connectivity index (χ0) is 19.4. The summed E-state index contributed by atoms with van der Waals surface area (Å²) >= 11 is 0. The Kier molecular flexibility index (Phi) is 4.71. The van der Waals surface area contributed by atoms with E-state index in [-0.39, 0.29) is 36.0 Å². The average Bonchev–Trinajstić information content (AvgIpc) is 2.71. The van der Waals surface area contributed by atoms with E-state index in [0.29, 0.717) is 18.4 Å². The number of allylic oxidation sites excluding steroid dienone is 1. The molecule has 0 aromatic rings. The Morgan fingerprint density at radius 3 is 2.75 bits per heavy atom. The molecule has 6 heteroatoms. The van der Waals surface area contributed by atoms with Crippen molar-refractivity contribution < 1.29 is 18.7 Å². The molecule has 0 spiro atoms. The predicted octanol–water partition coefficient (Wildman–Crippen LogP) is 3.15. The van der Waals surface area contributed by atoms with E-state index in [1.807, 2.05) is 6.92 Å². The summed E-state index contributed by atoms with van der Waals surface area (Å²) in [5.41, 5.74) is 0.175. The van der Waals surface area contributed by atoms with Gasteiger partial charge in [0.25, 0.3) is 0 Å². The number of carbonyl (C=O) groups is 1. The standard InChI is InChI=1S/C22H29FN2O3/c1-2-27-21-16(23)9-15-19-22(21)28-18-8-13-6-4-3-5-12(13)7-17(18)25(19)11-14(10-24)20(15)26/h11-13,15-19,21-22H,2-9H2,1H3. The van der Waals surface area contributed by atoms with Gasteiger partial charge in [-0.15, -0.1) is 0 Å². The summed E-state index contributed by atoms with van der Waals surface area (Å²) in [5.74, 6) is 0.648. The van der Waals surface area contributed by atoms with Gasteiger partial charge in [0.15, 0.2) is 5.78 Å². The summed E-state index contributed by atoms with van der Waals surface area (Å²) in [7, 11) is 0. The van der Waals surface area contributed by atoms with Crippen LogP contribution in [-0.2, 0) is 14.3 Å². The third-order valence-corrected chi connectivity index (χ3v) is 7.90. The molecule has 0 aromatic heterocycles. The SMILES string of the molecule is CCOC1C(F)CC2C(=O)C(C#N)=CN3C4CC5CCCCC5CC4OC1C23. The van der Waals surface area contributed by atoms with Gasteiger partial charge >= 0.3 is 0 Å². The van der Waals surface area contributed by atoms with Crippen molar-refractivity contribution in [2.75, 3.05) is 6.61 Å². The Balaban J connectivity index is 1.53. The zero-order valence-electron chi connectivity index (χ0n) is 16.4. The molecule has 1 saturated heterocycles. The van der Waals surface area contributed by atoms with Crippen molar-refractivity contribution in [2.45, 2.75) is 88.4 Å². The van der Waals surface area contributed by atoms with E-state index in [0.717, 1.165) is 12.8 Å². The highest BCUT2D eigenvalue weighted by molar-refractivity contribution is 6.02. The summed E-state index contributed by atoms with van der Waals surface area (Å²) in [4.78, 5) is 15.1. The lowest BCUT2D eigenvalue weighted by atomic mass is 9.65. The van der Waals surface area contributed by atoms with Crippen LogP contribution in [0.25, 0.3) is 0 Å². The van der Waals surface area contributed by atoms with Gasteiger partial charge in [0.05, 0.1) is 18.2 Å². The summed E-state index contributed by atoms with van der Waals surface area (Å²) < 4.78 is 27.4. The van der Waals surface area contributed by atoms with Gasteiger partial charge in [0.2, 0.25) is 0 Å². The third-order valence-electron chi connectivity index (χ3n) is 7.90. The van der Waals surface area contributed by atoms with Crippen LogP contribution in [0.3, 0.4) is 0 Å². The summed E-state index contributed by atoms with van der Waals surface area (Å²) in [6, 6.07) is 2.03. The molecule has 2 aliphatic heterocycles. The van der Waals surface area contributed by atoms with Gasteiger partial charge in [-0.1, -0.05) is 25.7 Å². The van der Waals surface area contributed by atoms with Crippen molar-refractivity contribution in [3.05, 3.63) is 11.8 Å². The van der Waals surface area contributed by atoms with E-state index in [4.69, 9.17) is 9.47 Å². The minimum Gasteiger partial charge on any atom is -0.373 e. The summed E-state index contributed by atoms with van der Waals surface area (Å²) in [6.07, 6.45) is 6.74. The summed E-state index contributed by atoms with van der Waals surface area (Å²) in [5, 5.41) is 9.52. The molecule has 28 heavy (non-hydrogen) atoms. The van der Waals surface area contributed by atoms with Crippen LogP contribution >= 0.6 is 0 Å². The number of alkyl halides is 1. The second kappa shape index (κ2) is 7.11. The van der Waals surface area contributed by atoms with Gasteiger partial charge < -0.3 is 14.4 Å². The van der Waals surface area contributed by atoms with Crippen molar-refractivity contribution in [3.8, 4) is 6.07 Å². The predicted molar refractivity (Wildman–Crippen MR) is 99.9 cm³/mol. The van der Waals surface area contributed by atoms with Gasteiger partial charge in [-0.3, -0.25) is 4.79 Å². The fourth-order valence-corrected chi connectivity index (χ4v) is 6.72. The first kappa shape index (κ1) is 18.6. The number of carbonyl (C=O) groups excluding carboxylic acids is 1. The smallest absolute Gasteiger partial charge is 0.180 e. The Labute approximate surface area is 165 Å². The molecule has 4 fully saturated rings. The molecule has 5 rings (SSSR count). The zero-order valence-corrected chi connectivity index (χ0v) is 16.4. The average molecular weight is 388 g/mol. The number of fused-ring (bicyclic) bond motifs is 3. The topological polar surface area (TPSA) is 62.6 Å². The molecule has 5 nitrogen and oxygen atoms in total. The highest BCUT2D eigenvalue weighted by atomic mass is 19.1. The number of hydrogen-bond acceptors (Lipinski definition) is 5. The fourth-order valence-electron chi connectivity index (χ4n) is 6.72. The molecule has 0 amide bonds. The fraction of sp³-hybridized carbons (Fsp3) is 0.818. The molecule has 0 bridgehead atoms. The number of ketones is 1. The van der Waals surface area contributed by atoms with E-state index in [9.17, 15) is 10.1 Å². The monoisotopic (exact) mass is 388 g/mol. The first-order chi connectivity index (χ1) is 13.6. The van der Waals surface area contributed by atoms with Crippen LogP contribution in [0, 0.1) is 29.1 Å². The van der Waals surface area contributed by atoms with Crippen LogP contribution in [-0.4, -0.2) is 53.9 Å². The number of rotatable bonds is 2. The first-order valence-corrected chi connectivity index (χ1v) is 11.0. The van der Waals surface area contributed by atoms with Crippen LogP contribution in [0.5, 0.6) is 0 Å². The lowest BCUT2D eigenvalue weighted by Crippen LogP contribution is -2.71. The molecule has 3 aliphatic carbocycles. The van der Waals surface area contributed by atoms with Crippen LogP contribution in [0.2, 0.25) is 0 Å². The van der Waals surface area contributed by atoms with Gasteiger partial charge in [-0.2, -0.15) is 5.26 Å². The summed E-state index contributed by atoms with van der Waals surface area (Å²) in [6.45, 7) is 2.30. The van der Waals surface area contributed by atoms with Crippen LogP contribution in [0.4, 0.5) is 4.39 Å².